The van der Waals surface area contributed by atoms with Crippen LogP contribution in [0.15, 0.2) is 65.0 Å². The molecule has 0 aliphatic carbocycles. The molecule has 0 N–H and O–H groups in total. The van der Waals surface area contributed by atoms with E-state index in [1.165, 1.54) is 34.4 Å². The van der Waals surface area contributed by atoms with E-state index in [9.17, 15) is 14.0 Å². The second-order valence-electron chi connectivity index (χ2n) is 7.86. The minimum atomic E-state index is -0.270. The fraction of sp³-hybridized carbons (Fsp3) is 0.208. The van der Waals surface area contributed by atoms with E-state index in [1.807, 2.05) is 17.5 Å². The van der Waals surface area contributed by atoms with Gasteiger partial charge in [0.2, 0.25) is 5.91 Å². The zero-order valence-corrected chi connectivity index (χ0v) is 19.2. The Hall–Kier alpha value is -3.23. The molecule has 0 saturated carbocycles. The van der Waals surface area contributed by atoms with Gasteiger partial charge in [0.15, 0.2) is 0 Å². The summed E-state index contributed by atoms with van der Waals surface area (Å²) >= 11 is 7.39. The molecule has 1 fully saturated rings. The minimum Gasteiger partial charge on any atom is -0.368 e. The number of nitrogens with zero attached hydrogens (tertiary/aromatic N) is 4. The molecule has 2 aromatic heterocycles. The van der Waals surface area contributed by atoms with Crippen molar-refractivity contribution in [2.45, 2.75) is 6.54 Å². The van der Waals surface area contributed by atoms with E-state index in [0.29, 0.717) is 41.4 Å². The molecule has 168 valence electrons. The fourth-order valence-electron chi connectivity index (χ4n) is 4.03. The van der Waals surface area contributed by atoms with Gasteiger partial charge in [-0.3, -0.25) is 14.2 Å². The average molecular weight is 483 g/mol. The largest absolute Gasteiger partial charge is 0.368 e. The Morgan fingerprint density at radius 2 is 1.73 bits per heavy atom. The van der Waals surface area contributed by atoms with Crippen molar-refractivity contribution in [3.8, 4) is 11.1 Å². The number of carbonyl (C=O) groups is 1. The number of piperazine rings is 1. The third kappa shape index (κ3) is 4.36. The number of halogens is 2. The van der Waals surface area contributed by atoms with Crippen LogP contribution >= 0.6 is 22.9 Å². The van der Waals surface area contributed by atoms with Crippen LogP contribution in [0.2, 0.25) is 5.02 Å². The lowest BCUT2D eigenvalue weighted by atomic mass is 10.1. The van der Waals surface area contributed by atoms with Gasteiger partial charge in [0.1, 0.15) is 17.2 Å². The lowest BCUT2D eigenvalue weighted by Crippen LogP contribution is -2.50. The lowest BCUT2D eigenvalue weighted by molar-refractivity contribution is -0.132. The second-order valence-corrected chi connectivity index (χ2v) is 9.15. The Morgan fingerprint density at radius 1 is 1.03 bits per heavy atom. The monoisotopic (exact) mass is 482 g/mol. The number of anilines is 1. The zero-order chi connectivity index (χ0) is 22.9. The first kappa shape index (κ1) is 21.6. The summed E-state index contributed by atoms with van der Waals surface area (Å²) in [4.78, 5) is 35.1. The Kier molecular flexibility index (Phi) is 5.86. The van der Waals surface area contributed by atoms with E-state index < -0.39 is 0 Å². The van der Waals surface area contributed by atoms with Crippen LogP contribution in [-0.2, 0) is 11.3 Å². The highest BCUT2D eigenvalue weighted by molar-refractivity contribution is 7.17. The van der Waals surface area contributed by atoms with Crippen molar-refractivity contribution in [2.75, 3.05) is 31.1 Å². The fourth-order valence-corrected chi connectivity index (χ4v) is 5.07. The van der Waals surface area contributed by atoms with Crippen molar-refractivity contribution in [3.05, 3.63) is 81.4 Å². The van der Waals surface area contributed by atoms with E-state index in [-0.39, 0.29) is 23.8 Å². The topological polar surface area (TPSA) is 58.4 Å². The second kappa shape index (κ2) is 8.96. The van der Waals surface area contributed by atoms with Gasteiger partial charge in [0, 0.05) is 47.8 Å². The Bertz CT molecular complexity index is 1360. The number of hydrogen-bond donors (Lipinski definition) is 0. The van der Waals surface area contributed by atoms with Gasteiger partial charge in [-0.2, -0.15) is 0 Å². The molecular formula is C24H20ClFN4O2S. The third-order valence-electron chi connectivity index (χ3n) is 5.85. The summed E-state index contributed by atoms with van der Waals surface area (Å²) in [6, 6.07) is 13.7. The van der Waals surface area contributed by atoms with Crippen LogP contribution in [0.25, 0.3) is 21.3 Å². The Morgan fingerprint density at radius 3 is 2.42 bits per heavy atom. The molecule has 0 unspecified atom stereocenters. The summed E-state index contributed by atoms with van der Waals surface area (Å²) in [5, 5.41) is 3.04. The number of rotatable bonds is 4. The maximum Gasteiger partial charge on any atom is 0.263 e. The van der Waals surface area contributed by atoms with Crippen LogP contribution in [0, 0.1) is 5.82 Å². The molecule has 1 aliphatic rings. The van der Waals surface area contributed by atoms with Crippen molar-refractivity contribution in [3.63, 3.8) is 0 Å². The van der Waals surface area contributed by atoms with Gasteiger partial charge in [0.05, 0.1) is 11.7 Å². The average Bonchev–Trinajstić information content (AvgIpc) is 3.27. The first-order valence-electron chi connectivity index (χ1n) is 10.5. The summed E-state index contributed by atoms with van der Waals surface area (Å²) in [6.07, 6.45) is 1.44. The summed E-state index contributed by atoms with van der Waals surface area (Å²) < 4.78 is 14.5. The van der Waals surface area contributed by atoms with E-state index in [1.54, 1.807) is 29.2 Å². The summed E-state index contributed by atoms with van der Waals surface area (Å²) in [5.41, 5.74) is 2.37. The van der Waals surface area contributed by atoms with E-state index in [2.05, 4.69) is 9.88 Å². The Balaban J connectivity index is 1.32. The van der Waals surface area contributed by atoms with Crippen molar-refractivity contribution in [1.29, 1.82) is 0 Å². The van der Waals surface area contributed by atoms with Crippen molar-refractivity contribution < 1.29 is 9.18 Å². The zero-order valence-electron chi connectivity index (χ0n) is 17.6. The van der Waals surface area contributed by atoms with Crippen LogP contribution in [0.1, 0.15) is 0 Å². The van der Waals surface area contributed by atoms with Crippen LogP contribution in [0.4, 0.5) is 10.1 Å². The number of benzene rings is 2. The molecule has 33 heavy (non-hydrogen) atoms. The van der Waals surface area contributed by atoms with Gasteiger partial charge in [-0.05, 0) is 42.0 Å². The molecule has 0 radical (unpaired) electrons. The molecule has 4 aromatic rings. The summed E-state index contributed by atoms with van der Waals surface area (Å²) in [5.74, 6) is -0.395. The molecule has 1 aliphatic heterocycles. The number of amides is 1. The molecule has 6 nitrogen and oxygen atoms in total. The number of carbonyl (C=O) groups excluding carboxylic acids is 1. The molecule has 0 spiro atoms. The molecule has 9 heteroatoms. The molecule has 1 saturated heterocycles. The highest BCUT2D eigenvalue weighted by atomic mass is 35.5. The van der Waals surface area contributed by atoms with E-state index in [0.717, 1.165) is 16.8 Å². The highest BCUT2D eigenvalue weighted by Gasteiger charge is 2.22. The van der Waals surface area contributed by atoms with Crippen LogP contribution in [0.5, 0.6) is 0 Å². The lowest BCUT2D eigenvalue weighted by Gasteiger charge is -2.36. The molecule has 3 heterocycles. The number of thiophene rings is 1. The van der Waals surface area contributed by atoms with Crippen molar-refractivity contribution in [1.82, 2.24) is 14.5 Å². The molecule has 5 rings (SSSR count). The van der Waals surface area contributed by atoms with Gasteiger partial charge < -0.3 is 9.80 Å². The third-order valence-corrected chi connectivity index (χ3v) is 6.98. The van der Waals surface area contributed by atoms with Crippen LogP contribution in [-0.4, -0.2) is 46.5 Å². The van der Waals surface area contributed by atoms with Crippen LogP contribution in [0.3, 0.4) is 0 Å². The highest BCUT2D eigenvalue weighted by Crippen LogP contribution is 2.31. The smallest absolute Gasteiger partial charge is 0.263 e. The molecule has 1 amide bonds. The maximum atomic E-state index is 13.2. The standard InChI is InChI=1S/C24H20ClFN4O2S/c25-17-3-1-16(2-4-17)20-14-33-23-22(20)24(32)30(15-27-23)13-21(31)29-11-9-28(10-12-29)19-7-5-18(26)6-8-19/h1-8,14-15H,9-13H2. The van der Waals surface area contributed by atoms with Gasteiger partial charge >= 0.3 is 0 Å². The Labute approximate surface area is 198 Å². The molecule has 0 bridgehead atoms. The normalized spacial score (nSPS) is 14.1. The van der Waals surface area contributed by atoms with Crippen LogP contribution < -0.4 is 10.5 Å². The minimum absolute atomic E-state index is 0.0613. The SMILES string of the molecule is O=C(Cn1cnc2scc(-c3ccc(Cl)cc3)c2c1=O)N1CCN(c2ccc(F)cc2)CC1. The van der Waals surface area contributed by atoms with Gasteiger partial charge in [-0.25, -0.2) is 9.37 Å². The van der Waals surface area contributed by atoms with Gasteiger partial charge in [-0.1, -0.05) is 23.7 Å². The number of hydrogen-bond acceptors (Lipinski definition) is 5. The number of fused-ring (bicyclic) bond motifs is 1. The number of aromatic nitrogens is 2. The van der Waals surface area contributed by atoms with Gasteiger partial charge in [-0.15, -0.1) is 11.3 Å². The quantitative estimate of drug-likeness (QED) is 0.436. The molecule has 2 aromatic carbocycles. The first-order chi connectivity index (χ1) is 16.0. The van der Waals surface area contributed by atoms with E-state index >= 15 is 0 Å². The molecular weight excluding hydrogens is 463 g/mol. The summed E-state index contributed by atoms with van der Waals surface area (Å²) in [7, 11) is 0. The summed E-state index contributed by atoms with van der Waals surface area (Å²) in [6.45, 7) is 2.31. The molecule has 0 atom stereocenters. The predicted molar refractivity (Wildman–Crippen MR) is 130 cm³/mol. The van der Waals surface area contributed by atoms with E-state index in [4.69, 9.17) is 11.6 Å². The first-order valence-corrected chi connectivity index (χ1v) is 11.8. The van der Waals surface area contributed by atoms with Crippen molar-refractivity contribution in [2.24, 2.45) is 0 Å². The van der Waals surface area contributed by atoms with Gasteiger partial charge in [0.25, 0.3) is 5.56 Å². The van der Waals surface area contributed by atoms with Crippen molar-refractivity contribution >= 4 is 44.7 Å². The maximum absolute atomic E-state index is 13.2. The predicted octanol–water partition coefficient (Wildman–Crippen LogP) is 4.27.